The van der Waals surface area contributed by atoms with Gasteiger partial charge in [0.05, 0.1) is 26.2 Å². The van der Waals surface area contributed by atoms with Crippen LogP contribution in [0, 0.1) is 17.8 Å². The number of nitrogens with zero attached hydrogens (tertiary/aromatic N) is 1. The van der Waals surface area contributed by atoms with Gasteiger partial charge in [-0.3, -0.25) is 9.59 Å². The number of carbonyl (C=O) groups excluding carboxylic acids is 1. The second kappa shape index (κ2) is 15.8. The van der Waals surface area contributed by atoms with Crippen LogP contribution >= 0.6 is 0 Å². The van der Waals surface area contributed by atoms with Crippen LogP contribution in [0.2, 0.25) is 0 Å². The minimum Gasteiger partial charge on any atom is -0.550 e. The minimum absolute atomic E-state index is 0.176. The molecular weight excluding hydrogens is 398 g/mol. The number of aliphatic carboxylic acids is 3. The molecule has 0 aliphatic rings. The van der Waals surface area contributed by atoms with Crippen molar-refractivity contribution in [2.24, 2.45) is 17.8 Å². The van der Waals surface area contributed by atoms with E-state index in [0.717, 1.165) is 51.4 Å². The van der Waals surface area contributed by atoms with E-state index in [4.69, 9.17) is 0 Å². The molecule has 0 heterocycles. The summed E-state index contributed by atoms with van der Waals surface area (Å²) in [5.41, 5.74) is 0. The second-order valence-electron chi connectivity index (χ2n) is 9.13. The van der Waals surface area contributed by atoms with Crippen molar-refractivity contribution < 1.29 is 34.2 Å². The predicted octanol–water partition coefficient (Wildman–Crippen LogP) is 3.33. The van der Waals surface area contributed by atoms with Crippen LogP contribution in [0.4, 0.5) is 0 Å². The number of carboxylic acid groups (broad SMARTS) is 3. The molecule has 3 unspecified atom stereocenters. The van der Waals surface area contributed by atoms with Crippen LogP contribution in [-0.2, 0) is 14.4 Å². The zero-order valence-electron chi connectivity index (χ0n) is 19.8. The Morgan fingerprint density at radius 1 is 0.774 bits per heavy atom. The van der Waals surface area contributed by atoms with Crippen LogP contribution in [0.5, 0.6) is 0 Å². The third-order valence-corrected chi connectivity index (χ3v) is 5.85. The van der Waals surface area contributed by atoms with Crippen molar-refractivity contribution in [1.82, 2.24) is 0 Å². The van der Waals surface area contributed by atoms with E-state index in [-0.39, 0.29) is 24.1 Å². The van der Waals surface area contributed by atoms with Crippen LogP contribution < -0.4 is 5.11 Å². The molecule has 0 aliphatic heterocycles. The SMILES string of the molecule is CCC/C=C/CCCCCCC[N+](CC(C)C(=O)[O-])(CC(C)C(=O)O)CC(C)C(=O)O. The van der Waals surface area contributed by atoms with E-state index in [9.17, 15) is 29.7 Å². The molecule has 0 saturated heterocycles. The summed E-state index contributed by atoms with van der Waals surface area (Å²) in [6.07, 6.45) is 12.9. The van der Waals surface area contributed by atoms with Gasteiger partial charge in [-0.15, -0.1) is 0 Å². The van der Waals surface area contributed by atoms with Gasteiger partial charge in [0.2, 0.25) is 0 Å². The number of carboxylic acids is 3. The first kappa shape index (κ1) is 29.1. The van der Waals surface area contributed by atoms with E-state index >= 15 is 0 Å². The van der Waals surface area contributed by atoms with E-state index in [1.165, 1.54) is 0 Å². The van der Waals surface area contributed by atoms with Crippen LogP contribution in [0.1, 0.15) is 79.1 Å². The lowest BCUT2D eigenvalue weighted by Crippen LogP contribution is -2.58. The van der Waals surface area contributed by atoms with Gasteiger partial charge in [0.1, 0.15) is 11.8 Å². The Labute approximate surface area is 187 Å². The first-order valence-corrected chi connectivity index (χ1v) is 11.7. The topological polar surface area (TPSA) is 115 Å². The van der Waals surface area contributed by atoms with Crippen LogP contribution in [0.25, 0.3) is 0 Å². The third-order valence-electron chi connectivity index (χ3n) is 5.85. The number of rotatable bonds is 19. The lowest BCUT2D eigenvalue weighted by atomic mass is 10.0. The summed E-state index contributed by atoms with van der Waals surface area (Å²) >= 11 is 0. The van der Waals surface area contributed by atoms with Crippen LogP contribution in [-0.4, -0.2) is 58.8 Å². The molecule has 2 N–H and O–H groups in total. The minimum atomic E-state index is -1.19. The average Bonchev–Trinajstić information content (AvgIpc) is 2.68. The van der Waals surface area contributed by atoms with Gasteiger partial charge in [0.15, 0.2) is 0 Å². The highest BCUT2D eigenvalue weighted by Gasteiger charge is 2.36. The van der Waals surface area contributed by atoms with Gasteiger partial charge in [-0.1, -0.05) is 45.3 Å². The van der Waals surface area contributed by atoms with Crippen molar-refractivity contribution in [3.8, 4) is 0 Å². The van der Waals surface area contributed by atoms with E-state index in [1.807, 2.05) is 0 Å². The molecule has 0 aromatic carbocycles. The lowest BCUT2D eigenvalue weighted by Gasteiger charge is -2.43. The normalized spacial score (nSPS) is 16.5. The molecule has 0 spiro atoms. The largest absolute Gasteiger partial charge is 0.550 e. The molecule has 0 aromatic rings. The molecule has 0 saturated carbocycles. The molecule has 0 bridgehead atoms. The Morgan fingerprint density at radius 3 is 1.71 bits per heavy atom. The maximum atomic E-state index is 11.5. The second-order valence-corrected chi connectivity index (χ2v) is 9.13. The van der Waals surface area contributed by atoms with Crippen molar-refractivity contribution in [3.63, 3.8) is 0 Å². The zero-order chi connectivity index (χ0) is 23.9. The number of allylic oxidation sites excluding steroid dienone is 2. The molecule has 0 radical (unpaired) electrons. The first-order valence-electron chi connectivity index (χ1n) is 11.7. The Bertz CT molecular complexity index is 519. The van der Waals surface area contributed by atoms with Gasteiger partial charge in [0.25, 0.3) is 0 Å². The molecular formula is C24H43NO6. The molecule has 0 aliphatic carbocycles. The summed E-state index contributed by atoms with van der Waals surface area (Å²) in [5, 5.41) is 30.2. The lowest BCUT2D eigenvalue weighted by molar-refractivity contribution is -0.934. The molecule has 0 fully saturated rings. The van der Waals surface area contributed by atoms with E-state index in [2.05, 4.69) is 19.1 Å². The molecule has 3 atom stereocenters. The quantitative estimate of drug-likeness (QED) is 0.180. The fraction of sp³-hybridized carbons (Fsp3) is 0.792. The van der Waals surface area contributed by atoms with Gasteiger partial charge >= 0.3 is 11.9 Å². The van der Waals surface area contributed by atoms with E-state index in [1.54, 1.807) is 20.8 Å². The summed E-state index contributed by atoms with van der Waals surface area (Å²) in [6, 6.07) is 0. The summed E-state index contributed by atoms with van der Waals surface area (Å²) in [5.74, 6) is -5.26. The van der Waals surface area contributed by atoms with Crippen molar-refractivity contribution in [1.29, 1.82) is 0 Å². The summed E-state index contributed by atoms with van der Waals surface area (Å²) in [7, 11) is 0. The van der Waals surface area contributed by atoms with Gasteiger partial charge in [-0.05, 0) is 46.0 Å². The number of hydrogen-bond donors (Lipinski definition) is 2. The summed E-state index contributed by atoms with van der Waals surface area (Å²) in [6.45, 7) is 8.08. The Hall–Kier alpha value is -1.89. The Morgan fingerprint density at radius 2 is 1.23 bits per heavy atom. The van der Waals surface area contributed by atoms with E-state index < -0.39 is 35.7 Å². The van der Waals surface area contributed by atoms with Gasteiger partial charge in [-0.25, -0.2) is 0 Å². The molecule has 31 heavy (non-hydrogen) atoms. The molecule has 0 aromatic heterocycles. The van der Waals surface area contributed by atoms with Crippen molar-refractivity contribution in [2.45, 2.75) is 79.1 Å². The number of unbranched alkanes of at least 4 members (excludes halogenated alkanes) is 6. The van der Waals surface area contributed by atoms with Gasteiger partial charge in [-0.2, -0.15) is 0 Å². The predicted molar refractivity (Wildman–Crippen MR) is 119 cm³/mol. The molecule has 0 amide bonds. The maximum absolute atomic E-state index is 11.5. The average molecular weight is 442 g/mol. The Balaban J connectivity index is 5.05. The highest BCUT2D eigenvalue weighted by molar-refractivity contribution is 5.70. The molecule has 180 valence electrons. The Kier molecular flexibility index (Phi) is 14.9. The van der Waals surface area contributed by atoms with Crippen LogP contribution in [0.15, 0.2) is 12.2 Å². The van der Waals surface area contributed by atoms with E-state index in [0.29, 0.717) is 6.54 Å². The third kappa shape index (κ3) is 13.2. The molecule has 7 heteroatoms. The number of carbonyl (C=O) groups is 3. The fourth-order valence-electron chi connectivity index (χ4n) is 4.11. The van der Waals surface area contributed by atoms with Gasteiger partial charge < -0.3 is 24.6 Å². The van der Waals surface area contributed by atoms with Crippen molar-refractivity contribution in [2.75, 3.05) is 26.2 Å². The van der Waals surface area contributed by atoms with Gasteiger partial charge in [0, 0.05) is 11.9 Å². The van der Waals surface area contributed by atoms with Crippen molar-refractivity contribution in [3.05, 3.63) is 12.2 Å². The maximum Gasteiger partial charge on any atom is 0.311 e. The van der Waals surface area contributed by atoms with Crippen molar-refractivity contribution >= 4 is 17.9 Å². The monoisotopic (exact) mass is 441 g/mol. The molecule has 7 nitrogen and oxygen atoms in total. The fourth-order valence-corrected chi connectivity index (χ4v) is 4.11. The number of quaternary nitrogens is 1. The number of hydrogen-bond acceptors (Lipinski definition) is 4. The summed E-state index contributed by atoms with van der Waals surface area (Å²) in [4.78, 5) is 34.4. The highest BCUT2D eigenvalue weighted by Crippen LogP contribution is 2.22. The zero-order valence-corrected chi connectivity index (χ0v) is 19.8. The first-order chi connectivity index (χ1) is 14.5. The molecule has 0 rings (SSSR count). The van der Waals surface area contributed by atoms with Crippen LogP contribution in [0.3, 0.4) is 0 Å². The standard InChI is InChI=1S/C24H43NO6/c1-5-6-7-8-9-10-11-12-13-14-15-25(16-19(2)22(26)27,17-20(3)23(28)29)18-21(4)24(30)31/h7-8,19-21H,5-6,9-18H2,1-4H3,(H2-,26,27,28,29,30,31)/b8-7+. The summed E-state index contributed by atoms with van der Waals surface area (Å²) < 4.78 is 0.176. The highest BCUT2D eigenvalue weighted by atomic mass is 16.4. The smallest absolute Gasteiger partial charge is 0.311 e.